The van der Waals surface area contributed by atoms with E-state index < -0.39 is 0 Å². The van der Waals surface area contributed by atoms with Gasteiger partial charge in [0, 0.05) is 35.3 Å². The van der Waals surface area contributed by atoms with E-state index in [1.807, 2.05) is 55.5 Å². The second kappa shape index (κ2) is 8.84. The van der Waals surface area contributed by atoms with E-state index in [9.17, 15) is 4.79 Å². The zero-order valence-electron chi connectivity index (χ0n) is 17.2. The van der Waals surface area contributed by atoms with Gasteiger partial charge in [0.15, 0.2) is 5.82 Å². The van der Waals surface area contributed by atoms with Gasteiger partial charge >= 0.3 is 0 Å². The smallest absolute Gasteiger partial charge is 0.227 e. The van der Waals surface area contributed by atoms with E-state index in [2.05, 4.69) is 33.4 Å². The average Bonchev–Trinajstić information content (AvgIpc) is 2.78. The molecule has 2 heterocycles. The maximum absolute atomic E-state index is 12.7. The Hall–Kier alpha value is -2.92. The summed E-state index contributed by atoms with van der Waals surface area (Å²) >= 11 is 5.95. The minimum absolute atomic E-state index is 0.0162. The number of piperidine rings is 1. The summed E-state index contributed by atoms with van der Waals surface area (Å²) in [6.45, 7) is 5.68. The van der Waals surface area contributed by atoms with Crippen molar-refractivity contribution in [1.29, 1.82) is 0 Å². The van der Waals surface area contributed by atoms with Gasteiger partial charge in [0.1, 0.15) is 0 Å². The fourth-order valence-electron chi connectivity index (χ4n) is 3.76. The lowest BCUT2D eigenvalue weighted by Gasteiger charge is -2.32. The maximum Gasteiger partial charge on any atom is 0.227 e. The number of carbonyl (C=O) groups is 1. The number of nitrogens with one attached hydrogen (secondary N) is 1. The summed E-state index contributed by atoms with van der Waals surface area (Å²) in [7, 11) is 0. The van der Waals surface area contributed by atoms with Crippen LogP contribution < -0.4 is 10.2 Å². The van der Waals surface area contributed by atoms with Crippen LogP contribution >= 0.6 is 11.6 Å². The number of anilines is 2. The van der Waals surface area contributed by atoms with Gasteiger partial charge in [-0.3, -0.25) is 4.79 Å². The Morgan fingerprint density at radius 1 is 1.00 bits per heavy atom. The second-order valence-corrected chi connectivity index (χ2v) is 8.22. The SMILES string of the molecule is Cc1cccc(NC(=O)C2CCN(c3ccc(-c4ccc(Cl)cc4)nn3)CC2)c1C. The highest BCUT2D eigenvalue weighted by Crippen LogP contribution is 2.26. The number of hydrogen-bond donors (Lipinski definition) is 1. The Bertz CT molecular complexity index is 1030. The van der Waals surface area contributed by atoms with E-state index in [1.165, 1.54) is 5.56 Å². The maximum atomic E-state index is 12.7. The van der Waals surface area contributed by atoms with Crippen molar-refractivity contribution < 1.29 is 4.79 Å². The molecule has 2 aromatic carbocycles. The molecule has 0 atom stereocenters. The normalized spacial score (nSPS) is 14.6. The number of hydrogen-bond acceptors (Lipinski definition) is 4. The number of aromatic nitrogens is 2. The van der Waals surface area contributed by atoms with E-state index >= 15 is 0 Å². The van der Waals surface area contributed by atoms with Crippen molar-refractivity contribution in [2.45, 2.75) is 26.7 Å². The Morgan fingerprint density at radius 3 is 2.40 bits per heavy atom. The minimum atomic E-state index is 0.0162. The van der Waals surface area contributed by atoms with Gasteiger partial charge in [0.05, 0.1) is 5.69 Å². The van der Waals surface area contributed by atoms with Gasteiger partial charge in [0.25, 0.3) is 0 Å². The van der Waals surface area contributed by atoms with Crippen LogP contribution in [0.25, 0.3) is 11.3 Å². The largest absolute Gasteiger partial charge is 0.355 e. The molecular weight excluding hydrogens is 396 g/mol. The first-order valence-corrected chi connectivity index (χ1v) is 10.6. The molecule has 0 bridgehead atoms. The lowest BCUT2D eigenvalue weighted by molar-refractivity contribution is -0.120. The minimum Gasteiger partial charge on any atom is -0.355 e. The number of carbonyl (C=O) groups excluding carboxylic acids is 1. The molecule has 0 spiro atoms. The number of aryl methyl sites for hydroxylation is 1. The first kappa shape index (κ1) is 20.4. The highest BCUT2D eigenvalue weighted by atomic mass is 35.5. The first-order valence-electron chi connectivity index (χ1n) is 10.2. The van der Waals surface area contributed by atoms with Crippen LogP contribution in [0, 0.1) is 19.8 Å². The zero-order chi connectivity index (χ0) is 21.1. The topological polar surface area (TPSA) is 58.1 Å². The average molecular weight is 421 g/mol. The summed E-state index contributed by atoms with van der Waals surface area (Å²) in [5.74, 6) is 0.969. The molecule has 1 saturated heterocycles. The number of nitrogens with zero attached hydrogens (tertiary/aromatic N) is 3. The highest BCUT2D eigenvalue weighted by molar-refractivity contribution is 6.30. The van der Waals surface area contributed by atoms with Crippen LogP contribution in [-0.4, -0.2) is 29.2 Å². The molecule has 1 aliphatic rings. The Balaban J connectivity index is 1.35. The van der Waals surface area contributed by atoms with Gasteiger partial charge < -0.3 is 10.2 Å². The van der Waals surface area contributed by atoms with E-state index in [1.54, 1.807) is 0 Å². The van der Waals surface area contributed by atoms with Gasteiger partial charge in [0.2, 0.25) is 5.91 Å². The van der Waals surface area contributed by atoms with E-state index in [0.717, 1.165) is 54.3 Å². The summed E-state index contributed by atoms with van der Waals surface area (Å²) in [5, 5.41) is 12.6. The van der Waals surface area contributed by atoms with Crippen molar-refractivity contribution in [3.63, 3.8) is 0 Å². The fraction of sp³-hybridized carbons (Fsp3) is 0.292. The molecule has 5 nitrogen and oxygen atoms in total. The van der Waals surface area contributed by atoms with Crippen LogP contribution in [0.4, 0.5) is 11.5 Å². The molecular formula is C24H25ClN4O. The first-order chi connectivity index (χ1) is 14.5. The summed E-state index contributed by atoms with van der Waals surface area (Å²) in [6, 6.07) is 17.5. The molecule has 1 amide bonds. The Morgan fingerprint density at radius 2 is 1.73 bits per heavy atom. The molecule has 1 fully saturated rings. The predicted octanol–water partition coefficient (Wildman–Crippen LogP) is 5.27. The van der Waals surface area contributed by atoms with Crippen molar-refractivity contribution in [3.05, 3.63) is 70.7 Å². The van der Waals surface area contributed by atoms with Crippen LogP contribution in [-0.2, 0) is 4.79 Å². The summed E-state index contributed by atoms with van der Waals surface area (Å²) in [5.41, 5.74) is 5.02. The van der Waals surface area contributed by atoms with Crippen molar-refractivity contribution in [3.8, 4) is 11.3 Å². The van der Waals surface area contributed by atoms with Crippen molar-refractivity contribution in [1.82, 2.24) is 10.2 Å². The zero-order valence-corrected chi connectivity index (χ0v) is 18.0. The molecule has 6 heteroatoms. The standard InChI is InChI=1S/C24H25ClN4O/c1-16-4-3-5-21(17(16)2)26-24(30)19-12-14-29(15-13-19)23-11-10-22(27-28-23)18-6-8-20(25)9-7-18/h3-11,19H,12-15H2,1-2H3,(H,26,30). The van der Waals surface area contributed by atoms with Crippen molar-refractivity contribution in [2.24, 2.45) is 5.92 Å². The highest BCUT2D eigenvalue weighted by Gasteiger charge is 2.26. The monoisotopic (exact) mass is 420 g/mol. The summed E-state index contributed by atoms with van der Waals surface area (Å²) in [6.07, 6.45) is 1.61. The third-order valence-electron chi connectivity index (χ3n) is 5.84. The summed E-state index contributed by atoms with van der Waals surface area (Å²) in [4.78, 5) is 14.9. The molecule has 1 N–H and O–H groups in total. The van der Waals surface area contributed by atoms with Gasteiger partial charge in [-0.05, 0) is 68.1 Å². The lowest BCUT2D eigenvalue weighted by atomic mass is 9.95. The summed E-state index contributed by atoms with van der Waals surface area (Å²) < 4.78 is 0. The molecule has 4 rings (SSSR count). The molecule has 0 unspecified atom stereocenters. The van der Waals surface area contributed by atoms with Crippen LogP contribution in [0.15, 0.2) is 54.6 Å². The number of amides is 1. The van der Waals surface area contributed by atoms with Gasteiger partial charge in [-0.25, -0.2) is 0 Å². The molecule has 3 aromatic rings. The van der Waals surface area contributed by atoms with Crippen LogP contribution in [0.1, 0.15) is 24.0 Å². The molecule has 0 aliphatic carbocycles. The number of benzene rings is 2. The second-order valence-electron chi connectivity index (χ2n) is 7.78. The van der Waals surface area contributed by atoms with Crippen molar-refractivity contribution >= 4 is 29.0 Å². The molecule has 1 aromatic heterocycles. The quantitative estimate of drug-likeness (QED) is 0.624. The van der Waals surface area contributed by atoms with E-state index in [0.29, 0.717) is 5.02 Å². The lowest BCUT2D eigenvalue weighted by Crippen LogP contribution is -2.38. The molecule has 0 saturated carbocycles. The van der Waals surface area contributed by atoms with Gasteiger partial charge in [-0.2, -0.15) is 0 Å². The molecule has 30 heavy (non-hydrogen) atoms. The number of rotatable bonds is 4. The third-order valence-corrected chi connectivity index (χ3v) is 6.09. The molecule has 154 valence electrons. The van der Waals surface area contributed by atoms with Crippen molar-refractivity contribution in [2.75, 3.05) is 23.3 Å². The Labute approximate surface area is 182 Å². The van der Waals surface area contributed by atoms with Gasteiger partial charge in [-0.1, -0.05) is 35.9 Å². The van der Waals surface area contributed by atoms with Gasteiger partial charge in [-0.15, -0.1) is 10.2 Å². The van der Waals surface area contributed by atoms with Crippen LogP contribution in [0.5, 0.6) is 0 Å². The molecule has 0 radical (unpaired) electrons. The third kappa shape index (κ3) is 4.46. The van der Waals surface area contributed by atoms with E-state index in [4.69, 9.17) is 11.6 Å². The van der Waals surface area contributed by atoms with E-state index in [-0.39, 0.29) is 11.8 Å². The molecule has 1 aliphatic heterocycles. The van der Waals surface area contributed by atoms with Crippen LogP contribution in [0.3, 0.4) is 0 Å². The predicted molar refractivity (Wildman–Crippen MR) is 122 cm³/mol. The van der Waals surface area contributed by atoms with Crippen LogP contribution in [0.2, 0.25) is 5.02 Å². The number of halogens is 1. The fourth-order valence-corrected chi connectivity index (χ4v) is 3.89. The Kier molecular flexibility index (Phi) is 6.00.